The van der Waals surface area contributed by atoms with E-state index in [1.54, 1.807) is 44.2 Å². The minimum Gasteiger partial charge on any atom is -0.497 e. The molecule has 1 aliphatic heterocycles. The maximum Gasteiger partial charge on any atom is 0.263 e. The van der Waals surface area contributed by atoms with Gasteiger partial charge in [-0.15, -0.1) is 10.2 Å². The predicted molar refractivity (Wildman–Crippen MR) is 136 cm³/mol. The molecule has 10 heteroatoms. The monoisotopic (exact) mass is 516 g/mol. The Hall–Kier alpha value is -3.23. The molecule has 4 rings (SSSR count). The normalized spacial score (nSPS) is 14.4. The van der Waals surface area contributed by atoms with E-state index < -0.39 is 6.10 Å². The van der Waals surface area contributed by atoms with Gasteiger partial charge in [0.15, 0.2) is 11.9 Å². The molecule has 0 bridgehead atoms. The fourth-order valence-corrected chi connectivity index (χ4v) is 4.33. The molecule has 8 nitrogen and oxygen atoms in total. The van der Waals surface area contributed by atoms with E-state index >= 15 is 0 Å². The van der Waals surface area contributed by atoms with Crippen molar-refractivity contribution in [3.8, 4) is 28.5 Å². The molecule has 1 aliphatic rings. The van der Waals surface area contributed by atoms with E-state index in [4.69, 9.17) is 37.4 Å². The van der Waals surface area contributed by atoms with Crippen LogP contribution < -0.4 is 19.1 Å². The molecule has 0 radical (unpaired) electrons. The van der Waals surface area contributed by atoms with Gasteiger partial charge in [0.25, 0.3) is 5.91 Å². The number of hydrogen-bond acceptors (Lipinski definition) is 7. The number of benzene rings is 2. The van der Waals surface area contributed by atoms with Crippen LogP contribution in [0.2, 0.25) is 10.0 Å². The Balaban J connectivity index is 1.37. The number of aromatic nitrogens is 2. The number of halogens is 2. The first-order valence-corrected chi connectivity index (χ1v) is 11.9. The van der Waals surface area contributed by atoms with Gasteiger partial charge in [-0.3, -0.25) is 4.79 Å². The van der Waals surface area contributed by atoms with Crippen LogP contribution in [-0.4, -0.2) is 67.5 Å². The van der Waals surface area contributed by atoms with Crippen molar-refractivity contribution in [2.75, 3.05) is 45.3 Å². The lowest BCUT2D eigenvalue weighted by Gasteiger charge is -2.36. The first-order chi connectivity index (χ1) is 16.9. The summed E-state index contributed by atoms with van der Waals surface area (Å²) in [7, 11) is 3.23. The van der Waals surface area contributed by atoms with E-state index in [-0.39, 0.29) is 5.91 Å². The smallest absolute Gasteiger partial charge is 0.263 e. The zero-order valence-electron chi connectivity index (χ0n) is 19.7. The zero-order valence-corrected chi connectivity index (χ0v) is 21.2. The van der Waals surface area contributed by atoms with Crippen LogP contribution in [0.4, 0.5) is 5.82 Å². The van der Waals surface area contributed by atoms with Gasteiger partial charge in [0.1, 0.15) is 17.2 Å². The van der Waals surface area contributed by atoms with Crippen molar-refractivity contribution in [2.24, 2.45) is 0 Å². The number of methoxy groups -OCH3 is 2. The average molecular weight is 517 g/mol. The second-order valence-electron chi connectivity index (χ2n) is 7.99. The lowest BCUT2D eigenvalue weighted by atomic mass is 10.1. The number of hydrogen-bond donors (Lipinski definition) is 0. The lowest BCUT2D eigenvalue weighted by molar-refractivity contribution is -0.138. The predicted octanol–water partition coefficient (Wildman–Crippen LogP) is 4.58. The molecule has 0 N–H and O–H groups in total. The van der Waals surface area contributed by atoms with E-state index in [0.29, 0.717) is 59.2 Å². The number of piperazine rings is 1. The number of anilines is 1. The van der Waals surface area contributed by atoms with Crippen molar-refractivity contribution in [3.63, 3.8) is 0 Å². The highest BCUT2D eigenvalue weighted by Crippen LogP contribution is 2.32. The van der Waals surface area contributed by atoms with Gasteiger partial charge in [0.05, 0.1) is 24.9 Å². The summed E-state index contributed by atoms with van der Waals surface area (Å²) in [6.07, 6.45) is -0.669. The van der Waals surface area contributed by atoms with Crippen molar-refractivity contribution in [1.82, 2.24) is 15.1 Å². The Labute approximate surface area is 214 Å². The summed E-state index contributed by atoms with van der Waals surface area (Å²) in [6.45, 7) is 4.09. The van der Waals surface area contributed by atoms with Crippen LogP contribution in [0, 0.1) is 0 Å². The Bertz CT molecular complexity index is 1180. The summed E-state index contributed by atoms with van der Waals surface area (Å²) < 4.78 is 16.6. The quantitative estimate of drug-likeness (QED) is 0.454. The summed E-state index contributed by atoms with van der Waals surface area (Å²) in [6, 6.07) is 14.3. The fraction of sp³-hybridized carbons (Fsp3) is 0.320. The van der Waals surface area contributed by atoms with Gasteiger partial charge in [-0.25, -0.2) is 0 Å². The van der Waals surface area contributed by atoms with Crippen molar-refractivity contribution in [2.45, 2.75) is 13.0 Å². The summed E-state index contributed by atoms with van der Waals surface area (Å²) in [4.78, 5) is 16.8. The molecule has 1 saturated heterocycles. The third-order valence-corrected chi connectivity index (χ3v) is 6.32. The van der Waals surface area contributed by atoms with Crippen LogP contribution in [0.15, 0.2) is 48.5 Å². The molecule has 0 spiro atoms. The highest BCUT2D eigenvalue weighted by Gasteiger charge is 2.27. The summed E-state index contributed by atoms with van der Waals surface area (Å²) in [5, 5.41) is 9.70. The molecule has 0 saturated carbocycles. The molecule has 3 aromatic rings. The number of rotatable bonds is 7. The standard InChI is InChI=1S/C25H26Cl2N4O4/c1-16(35-23-7-4-17(26)14-20(23)27)25(32)31-12-10-30(11-13-31)24-9-6-21(28-29-24)19-15-18(33-2)5-8-22(19)34-3/h4-9,14-16H,10-13H2,1-3H3. The molecule has 1 amide bonds. The largest absolute Gasteiger partial charge is 0.497 e. The maximum atomic E-state index is 12.9. The number of ether oxygens (including phenoxy) is 3. The van der Waals surface area contributed by atoms with Crippen molar-refractivity contribution < 1.29 is 19.0 Å². The molecule has 1 aromatic heterocycles. The minimum absolute atomic E-state index is 0.0952. The number of amides is 1. The first-order valence-electron chi connectivity index (χ1n) is 11.1. The molecule has 35 heavy (non-hydrogen) atoms. The number of carbonyl (C=O) groups excluding carboxylic acids is 1. The summed E-state index contributed by atoms with van der Waals surface area (Å²) in [5.41, 5.74) is 1.49. The molecule has 2 heterocycles. The minimum atomic E-state index is -0.669. The number of carbonyl (C=O) groups is 1. The fourth-order valence-electron chi connectivity index (χ4n) is 3.88. The molecule has 184 valence electrons. The Morgan fingerprint density at radius 3 is 2.29 bits per heavy atom. The van der Waals surface area contributed by atoms with E-state index in [9.17, 15) is 4.79 Å². The van der Waals surface area contributed by atoms with Crippen LogP contribution in [-0.2, 0) is 4.79 Å². The van der Waals surface area contributed by atoms with E-state index in [1.807, 2.05) is 30.3 Å². The SMILES string of the molecule is COc1ccc(OC)c(-c2ccc(N3CCN(C(=O)C(C)Oc4ccc(Cl)cc4Cl)CC3)nn2)c1. The summed E-state index contributed by atoms with van der Waals surface area (Å²) >= 11 is 12.1. The lowest BCUT2D eigenvalue weighted by Crippen LogP contribution is -2.52. The van der Waals surface area contributed by atoms with E-state index in [0.717, 1.165) is 11.4 Å². The average Bonchev–Trinajstić information content (AvgIpc) is 2.89. The molecule has 2 aromatic carbocycles. The molecular formula is C25H26Cl2N4O4. The second kappa shape index (κ2) is 11.0. The third kappa shape index (κ3) is 5.71. The molecule has 1 atom stereocenters. The van der Waals surface area contributed by atoms with Crippen LogP contribution in [0.5, 0.6) is 17.2 Å². The van der Waals surface area contributed by atoms with E-state index in [2.05, 4.69) is 15.1 Å². The molecule has 0 aliphatic carbocycles. The van der Waals surface area contributed by atoms with Gasteiger partial charge in [0, 0.05) is 36.8 Å². The highest BCUT2D eigenvalue weighted by molar-refractivity contribution is 6.35. The van der Waals surface area contributed by atoms with Gasteiger partial charge < -0.3 is 24.0 Å². The van der Waals surface area contributed by atoms with Gasteiger partial charge in [-0.05, 0) is 55.5 Å². The van der Waals surface area contributed by atoms with Crippen LogP contribution in [0.1, 0.15) is 6.92 Å². The van der Waals surface area contributed by atoms with Gasteiger partial charge in [-0.1, -0.05) is 23.2 Å². The molecule has 1 unspecified atom stereocenters. The van der Waals surface area contributed by atoms with Crippen LogP contribution >= 0.6 is 23.2 Å². The molecular weight excluding hydrogens is 491 g/mol. The van der Waals surface area contributed by atoms with Crippen LogP contribution in [0.25, 0.3) is 11.3 Å². The van der Waals surface area contributed by atoms with Crippen LogP contribution in [0.3, 0.4) is 0 Å². The highest BCUT2D eigenvalue weighted by atomic mass is 35.5. The number of nitrogens with zero attached hydrogens (tertiary/aromatic N) is 4. The Morgan fingerprint density at radius 1 is 0.914 bits per heavy atom. The Kier molecular flexibility index (Phi) is 7.83. The van der Waals surface area contributed by atoms with Gasteiger partial charge in [0.2, 0.25) is 0 Å². The summed E-state index contributed by atoms with van der Waals surface area (Å²) in [5.74, 6) is 2.49. The van der Waals surface area contributed by atoms with Gasteiger partial charge >= 0.3 is 0 Å². The van der Waals surface area contributed by atoms with Gasteiger partial charge in [-0.2, -0.15) is 0 Å². The second-order valence-corrected chi connectivity index (χ2v) is 8.83. The topological polar surface area (TPSA) is 77.0 Å². The Morgan fingerprint density at radius 2 is 1.66 bits per heavy atom. The molecule has 1 fully saturated rings. The van der Waals surface area contributed by atoms with Crippen molar-refractivity contribution in [3.05, 3.63) is 58.6 Å². The maximum absolute atomic E-state index is 12.9. The third-order valence-electron chi connectivity index (χ3n) is 5.79. The van der Waals surface area contributed by atoms with Crippen molar-refractivity contribution in [1.29, 1.82) is 0 Å². The van der Waals surface area contributed by atoms with E-state index in [1.165, 1.54) is 0 Å². The van der Waals surface area contributed by atoms with Crippen molar-refractivity contribution >= 4 is 34.9 Å². The zero-order chi connectivity index (χ0) is 24.9. The first kappa shape index (κ1) is 24.9.